The van der Waals surface area contributed by atoms with Gasteiger partial charge in [0.15, 0.2) is 5.82 Å². The van der Waals surface area contributed by atoms with Gasteiger partial charge in [0.25, 0.3) is 10.1 Å². The number of rotatable bonds is 8. The number of hydrogen-bond donors (Lipinski definition) is 4. The minimum Gasteiger partial charge on any atom is -0.352 e. The molecule has 0 unspecified atom stereocenters. The predicted octanol–water partition coefficient (Wildman–Crippen LogP) is 4.04. The van der Waals surface area contributed by atoms with Crippen LogP contribution in [-0.4, -0.2) is 29.0 Å². The standard InChI is InChI=1S/C20H23N5O3S/c1-3-14(2)21-20-22-18(15-7-5-4-6-8-15)13-19(23-20)25-24-16-9-11-17(12-10-16)29(26,27)28/h4-14,24H,3H2,1-2H3,(H,26,27,28)(H2,21,22,23,25)/t14-/m1/s1. The number of nitrogens with one attached hydrogen (secondary N) is 3. The van der Waals surface area contributed by atoms with Crippen molar-refractivity contribution in [2.75, 3.05) is 16.2 Å². The molecule has 0 radical (unpaired) electrons. The van der Waals surface area contributed by atoms with E-state index in [1.807, 2.05) is 36.4 Å². The first kappa shape index (κ1) is 20.6. The second-order valence-corrected chi connectivity index (χ2v) is 7.95. The zero-order chi connectivity index (χ0) is 20.9. The fourth-order valence-corrected chi connectivity index (χ4v) is 2.98. The highest BCUT2D eigenvalue weighted by atomic mass is 32.2. The molecule has 3 rings (SSSR count). The van der Waals surface area contributed by atoms with Gasteiger partial charge in [0.05, 0.1) is 16.3 Å². The van der Waals surface area contributed by atoms with Crippen LogP contribution < -0.4 is 16.2 Å². The highest BCUT2D eigenvalue weighted by Crippen LogP contribution is 2.22. The Labute approximate surface area is 170 Å². The highest BCUT2D eigenvalue weighted by molar-refractivity contribution is 7.85. The van der Waals surface area contributed by atoms with Gasteiger partial charge in [-0.05, 0) is 37.6 Å². The smallest absolute Gasteiger partial charge is 0.294 e. The first-order valence-electron chi connectivity index (χ1n) is 9.16. The summed E-state index contributed by atoms with van der Waals surface area (Å²) in [4.78, 5) is 8.92. The Morgan fingerprint density at radius 1 is 1.00 bits per heavy atom. The summed E-state index contributed by atoms with van der Waals surface area (Å²) in [6.45, 7) is 4.14. The van der Waals surface area contributed by atoms with E-state index in [-0.39, 0.29) is 10.9 Å². The highest BCUT2D eigenvalue weighted by Gasteiger charge is 2.10. The molecule has 0 saturated heterocycles. The third-order valence-corrected chi connectivity index (χ3v) is 5.14. The average Bonchev–Trinajstić information content (AvgIpc) is 2.72. The molecule has 1 atom stereocenters. The Hall–Kier alpha value is -3.17. The maximum atomic E-state index is 11.1. The molecule has 9 heteroatoms. The van der Waals surface area contributed by atoms with Gasteiger partial charge in [-0.1, -0.05) is 37.3 Å². The number of hydrazine groups is 1. The molecule has 2 aromatic carbocycles. The molecule has 0 amide bonds. The first-order valence-corrected chi connectivity index (χ1v) is 10.6. The maximum absolute atomic E-state index is 11.1. The Morgan fingerprint density at radius 3 is 2.31 bits per heavy atom. The lowest BCUT2D eigenvalue weighted by Crippen LogP contribution is -2.17. The number of anilines is 3. The fraction of sp³-hybridized carbons (Fsp3) is 0.200. The van der Waals surface area contributed by atoms with Crippen LogP contribution in [0.15, 0.2) is 65.6 Å². The van der Waals surface area contributed by atoms with Crippen molar-refractivity contribution in [1.82, 2.24) is 9.97 Å². The zero-order valence-corrected chi connectivity index (χ0v) is 16.9. The quantitative estimate of drug-likeness (QED) is 0.323. The number of hydrogen-bond acceptors (Lipinski definition) is 7. The molecule has 1 aromatic heterocycles. The van der Waals surface area contributed by atoms with E-state index >= 15 is 0 Å². The summed E-state index contributed by atoms with van der Waals surface area (Å²) in [7, 11) is -4.22. The summed E-state index contributed by atoms with van der Waals surface area (Å²) in [5.41, 5.74) is 8.30. The van der Waals surface area contributed by atoms with Gasteiger partial charge in [0.2, 0.25) is 5.95 Å². The first-order chi connectivity index (χ1) is 13.8. The van der Waals surface area contributed by atoms with Crippen LogP contribution in [0.2, 0.25) is 0 Å². The Bertz CT molecular complexity index is 1060. The van der Waals surface area contributed by atoms with Gasteiger partial charge in [0, 0.05) is 17.7 Å². The topological polar surface area (TPSA) is 116 Å². The second-order valence-electron chi connectivity index (χ2n) is 6.53. The summed E-state index contributed by atoms with van der Waals surface area (Å²) in [5, 5.41) is 3.28. The Kier molecular flexibility index (Phi) is 6.30. The maximum Gasteiger partial charge on any atom is 0.294 e. The minimum atomic E-state index is -4.22. The number of benzene rings is 2. The number of nitrogens with zero attached hydrogens (tertiary/aromatic N) is 2. The molecular weight excluding hydrogens is 390 g/mol. The zero-order valence-electron chi connectivity index (χ0n) is 16.1. The van der Waals surface area contributed by atoms with Gasteiger partial charge in [-0.3, -0.25) is 15.4 Å². The van der Waals surface area contributed by atoms with E-state index in [2.05, 4.69) is 40.0 Å². The number of aromatic nitrogens is 2. The molecule has 0 saturated carbocycles. The van der Waals surface area contributed by atoms with Gasteiger partial charge in [-0.15, -0.1) is 0 Å². The van der Waals surface area contributed by atoms with Crippen LogP contribution in [0.1, 0.15) is 20.3 Å². The molecular formula is C20H23N5O3S. The lowest BCUT2D eigenvalue weighted by Gasteiger charge is -2.15. The van der Waals surface area contributed by atoms with E-state index in [1.54, 1.807) is 0 Å². The third kappa shape index (κ3) is 5.66. The molecule has 0 bridgehead atoms. The largest absolute Gasteiger partial charge is 0.352 e. The summed E-state index contributed by atoms with van der Waals surface area (Å²) in [5.74, 6) is 1.05. The molecule has 0 aliphatic heterocycles. The van der Waals surface area contributed by atoms with E-state index in [0.717, 1.165) is 17.7 Å². The summed E-state index contributed by atoms with van der Waals surface area (Å²) < 4.78 is 31.3. The Morgan fingerprint density at radius 2 is 1.69 bits per heavy atom. The molecule has 0 aliphatic rings. The molecule has 4 N–H and O–H groups in total. The van der Waals surface area contributed by atoms with E-state index in [0.29, 0.717) is 17.5 Å². The summed E-state index contributed by atoms with van der Waals surface area (Å²) in [6.07, 6.45) is 0.931. The lowest BCUT2D eigenvalue weighted by atomic mass is 10.1. The Balaban J connectivity index is 1.82. The minimum absolute atomic E-state index is 0.170. The lowest BCUT2D eigenvalue weighted by molar-refractivity contribution is 0.483. The van der Waals surface area contributed by atoms with E-state index in [4.69, 9.17) is 4.55 Å². The van der Waals surface area contributed by atoms with Crippen molar-refractivity contribution in [3.63, 3.8) is 0 Å². The second kappa shape index (κ2) is 8.89. The molecule has 3 aromatic rings. The van der Waals surface area contributed by atoms with Gasteiger partial charge in [-0.25, -0.2) is 4.98 Å². The van der Waals surface area contributed by atoms with Crippen molar-refractivity contribution >= 4 is 27.6 Å². The van der Waals surface area contributed by atoms with Crippen molar-refractivity contribution < 1.29 is 13.0 Å². The summed E-state index contributed by atoms with van der Waals surface area (Å²) in [6, 6.07) is 17.5. The van der Waals surface area contributed by atoms with Crippen LogP contribution in [0, 0.1) is 0 Å². The van der Waals surface area contributed by atoms with Gasteiger partial charge >= 0.3 is 0 Å². The van der Waals surface area contributed by atoms with Crippen molar-refractivity contribution in [3.8, 4) is 11.3 Å². The molecule has 0 aliphatic carbocycles. The van der Waals surface area contributed by atoms with Crippen LogP contribution in [0.4, 0.5) is 17.5 Å². The van der Waals surface area contributed by atoms with Crippen molar-refractivity contribution in [3.05, 3.63) is 60.7 Å². The van der Waals surface area contributed by atoms with Crippen LogP contribution in [0.25, 0.3) is 11.3 Å². The fourth-order valence-electron chi connectivity index (χ4n) is 2.50. The average molecular weight is 414 g/mol. The van der Waals surface area contributed by atoms with Crippen molar-refractivity contribution in [2.24, 2.45) is 0 Å². The van der Waals surface area contributed by atoms with Crippen molar-refractivity contribution in [2.45, 2.75) is 31.2 Å². The van der Waals surface area contributed by atoms with Crippen LogP contribution in [0.5, 0.6) is 0 Å². The third-order valence-electron chi connectivity index (χ3n) is 4.27. The van der Waals surface area contributed by atoms with Crippen LogP contribution >= 0.6 is 0 Å². The molecule has 152 valence electrons. The van der Waals surface area contributed by atoms with E-state index in [1.165, 1.54) is 24.3 Å². The van der Waals surface area contributed by atoms with E-state index < -0.39 is 10.1 Å². The predicted molar refractivity (Wildman–Crippen MR) is 114 cm³/mol. The molecule has 0 spiro atoms. The summed E-state index contributed by atoms with van der Waals surface area (Å²) >= 11 is 0. The normalized spacial score (nSPS) is 12.2. The molecule has 1 heterocycles. The van der Waals surface area contributed by atoms with Gasteiger partial charge < -0.3 is 5.32 Å². The van der Waals surface area contributed by atoms with Crippen molar-refractivity contribution in [1.29, 1.82) is 0 Å². The van der Waals surface area contributed by atoms with Gasteiger partial charge in [0.1, 0.15) is 0 Å². The monoisotopic (exact) mass is 413 g/mol. The van der Waals surface area contributed by atoms with E-state index in [9.17, 15) is 8.42 Å². The van der Waals surface area contributed by atoms with Crippen LogP contribution in [-0.2, 0) is 10.1 Å². The SMILES string of the molecule is CC[C@@H](C)Nc1nc(NNc2ccc(S(=O)(=O)O)cc2)cc(-c2ccccc2)n1. The molecule has 29 heavy (non-hydrogen) atoms. The molecule has 8 nitrogen and oxygen atoms in total. The van der Waals surface area contributed by atoms with Crippen LogP contribution in [0.3, 0.4) is 0 Å². The van der Waals surface area contributed by atoms with Gasteiger partial charge in [-0.2, -0.15) is 13.4 Å². The molecule has 0 fully saturated rings.